The van der Waals surface area contributed by atoms with Gasteiger partial charge in [0.05, 0.1) is 0 Å². The molecule has 2 bridgehead atoms. The summed E-state index contributed by atoms with van der Waals surface area (Å²) in [5, 5.41) is 3.21. The Hall–Kier alpha value is -1.03. The van der Waals surface area contributed by atoms with Gasteiger partial charge < -0.3 is 11.1 Å². The summed E-state index contributed by atoms with van der Waals surface area (Å²) in [4.78, 5) is 12.2. The second-order valence-electron chi connectivity index (χ2n) is 6.22. The van der Waals surface area contributed by atoms with Crippen molar-refractivity contribution >= 4 is 27.5 Å². The molecular formula is C15H17BrN2O. The second-order valence-corrected chi connectivity index (χ2v) is 7.08. The van der Waals surface area contributed by atoms with E-state index in [1.54, 1.807) is 6.07 Å². The summed E-state index contributed by atoms with van der Waals surface area (Å²) in [6.07, 6.45) is 4.17. The number of halogens is 1. The van der Waals surface area contributed by atoms with E-state index >= 15 is 0 Å². The highest BCUT2D eigenvalue weighted by molar-refractivity contribution is 9.10. The van der Waals surface area contributed by atoms with Crippen molar-refractivity contribution in [3.63, 3.8) is 0 Å². The average Bonchev–Trinajstić information content (AvgIpc) is 2.81. The standard InChI is InChI=1S/C15H17BrN2O/c16-10-4-3-9(6-11(10)17)15(19)18-14-12-7-1-2-8(5-7)13(12)14/h3-4,6-8,12-14H,1-2,5,17H2,(H,18,19). The van der Waals surface area contributed by atoms with E-state index in [1.165, 1.54) is 19.3 Å². The van der Waals surface area contributed by atoms with E-state index in [2.05, 4.69) is 21.2 Å². The van der Waals surface area contributed by atoms with E-state index in [4.69, 9.17) is 5.73 Å². The Bertz CT molecular complexity index is 543. The van der Waals surface area contributed by atoms with Crippen LogP contribution in [0.4, 0.5) is 5.69 Å². The molecular weight excluding hydrogens is 304 g/mol. The molecule has 4 rings (SSSR count). The van der Waals surface area contributed by atoms with Gasteiger partial charge in [0.15, 0.2) is 0 Å². The van der Waals surface area contributed by atoms with Gasteiger partial charge in [-0.05, 0) is 77.1 Å². The molecule has 100 valence electrons. The second kappa shape index (κ2) is 3.98. The molecule has 3 N–H and O–H groups in total. The third-order valence-electron chi connectivity index (χ3n) is 5.29. The van der Waals surface area contributed by atoms with Crippen LogP contribution in [0.25, 0.3) is 0 Å². The highest BCUT2D eigenvalue weighted by Gasteiger charge is 2.65. The monoisotopic (exact) mass is 320 g/mol. The number of hydrogen-bond donors (Lipinski definition) is 2. The minimum absolute atomic E-state index is 0.0259. The van der Waals surface area contributed by atoms with Gasteiger partial charge >= 0.3 is 0 Å². The van der Waals surface area contributed by atoms with Crippen LogP contribution in [0.3, 0.4) is 0 Å². The lowest BCUT2D eigenvalue weighted by atomic mass is 10.0. The number of carbonyl (C=O) groups is 1. The van der Waals surface area contributed by atoms with Crippen LogP contribution in [0.15, 0.2) is 22.7 Å². The summed E-state index contributed by atoms with van der Waals surface area (Å²) in [5.41, 5.74) is 7.10. The summed E-state index contributed by atoms with van der Waals surface area (Å²) >= 11 is 3.35. The van der Waals surface area contributed by atoms with Crippen LogP contribution in [0.5, 0.6) is 0 Å². The van der Waals surface area contributed by atoms with E-state index in [0.29, 0.717) is 17.3 Å². The number of nitrogen functional groups attached to an aromatic ring is 1. The van der Waals surface area contributed by atoms with Crippen LogP contribution in [-0.2, 0) is 0 Å². The first-order valence-corrected chi connectivity index (χ1v) is 7.80. The van der Waals surface area contributed by atoms with Crippen LogP contribution < -0.4 is 11.1 Å². The Labute approximate surface area is 121 Å². The highest BCUT2D eigenvalue weighted by Crippen LogP contribution is 2.65. The number of amides is 1. The van der Waals surface area contributed by atoms with Gasteiger partial charge in [0.2, 0.25) is 0 Å². The van der Waals surface area contributed by atoms with Crippen LogP contribution in [0.2, 0.25) is 0 Å². The Morgan fingerprint density at radius 2 is 1.95 bits per heavy atom. The Morgan fingerprint density at radius 1 is 1.26 bits per heavy atom. The number of anilines is 1. The van der Waals surface area contributed by atoms with Gasteiger partial charge in [-0.1, -0.05) is 0 Å². The van der Waals surface area contributed by atoms with Crippen LogP contribution in [-0.4, -0.2) is 11.9 Å². The van der Waals surface area contributed by atoms with Crippen molar-refractivity contribution in [1.82, 2.24) is 5.32 Å². The van der Waals surface area contributed by atoms with Gasteiger partial charge in [-0.15, -0.1) is 0 Å². The minimum atomic E-state index is 0.0259. The van der Waals surface area contributed by atoms with E-state index in [0.717, 1.165) is 28.1 Å². The number of carbonyl (C=O) groups excluding carboxylic acids is 1. The number of nitrogens with one attached hydrogen (secondary N) is 1. The highest BCUT2D eigenvalue weighted by atomic mass is 79.9. The molecule has 0 heterocycles. The largest absolute Gasteiger partial charge is 0.398 e. The van der Waals surface area contributed by atoms with Crippen LogP contribution in [0.1, 0.15) is 29.6 Å². The maximum absolute atomic E-state index is 12.2. The molecule has 1 aromatic rings. The molecule has 3 aliphatic carbocycles. The fraction of sp³-hybridized carbons (Fsp3) is 0.533. The first-order valence-electron chi connectivity index (χ1n) is 7.01. The van der Waals surface area contributed by atoms with Crippen molar-refractivity contribution < 1.29 is 4.79 Å². The molecule has 0 spiro atoms. The smallest absolute Gasteiger partial charge is 0.251 e. The predicted octanol–water partition coefficient (Wildman–Crippen LogP) is 2.81. The number of hydrogen-bond acceptors (Lipinski definition) is 2. The molecule has 1 amide bonds. The van der Waals surface area contributed by atoms with E-state index in [9.17, 15) is 4.79 Å². The van der Waals surface area contributed by atoms with Crippen molar-refractivity contribution in [2.45, 2.75) is 25.3 Å². The molecule has 0 aromatic heterocycles. The Balaban J connectivity index is 1.46. The molecule has 3 nitrogen and oxygen atoms in total. The first kappa shape index (κ1) is 11.8. The van der Waals surface area contributed by atoms with E-state index < -0.39 is 0 Å². The van der Waals surface area contributed by atoms with Crippen molar-refractivity contribution in [2.75, 3.05) is 5.73 Å². The molecule has 4 atom stereocenters. The van der Waals surface area contributed by atoms with Gasteiger partial charge in [-0.3, -0.25) is 4.79 Å². The normalized spacial score (nSPS) is 38.1. The molecule has 3 aliphatic rings. The van der Waals surface area contributed by atoms with Gasteiger partial charge in [0.1, 0.15) is 0 Å². The zero-order valence-electron chi connectivity index (χ0n) is 10.6. The van der Waals surface area contributed by atoms with Crippen LogP contribution in [0, 0.1) is 23.7 Å². The minimum Gasteiger partial charge on any atom is -0.398 e. The third kappa shape index (κ3) is 1.72. The first-order chi connectivity index (χ1) is 9.15. The number of benzene rings is 1. The zero-order valence-corrected chi connectivity index (χ0v) is 12.2. The molecule has 0 radical (unpaired) electrons. The number of rotatable bonds is 2. The summed E-state index contributed by atoms with van der Waals surface area (Å²) in [5.74, 6) is 3.34. The van der Waals surface area contributed by atoms with Crippen molar-refractivity contribution in [2.24, 2.45) is 23.7 Å². The quantitative estimate of drug-likeness (QED) is 0.823. The van der Waals surface area contributed by atoms with Crippen molar-refractivity contribution in [1.29, 1.82) is 0 Å². The van der Waals surface area contributed by atoms with Crippen molar-refractivity contribution in [3.8, 4) is 0 Å². The van der Waals surface area contributed by atoms with E-state index in [1.807, 2.05) is 12.1 Å². The van der Waals surface area contributed by atoms with Crippen LogP contribution >= 0.6 is 15.9 Å². The fourth-order valence-corrected chi connectivity index (χ4v) is 4.68. The van der Waals surface area contributed by atoms with Gasteiger partial charge in [-0.25, -0.2) is 0 Å². The van der Waals surface area contributed by atoms with Crippen molar-refractivity contribution in [3.05, 3.63) is 28.2 Å². The third-order valence-corrected chi connectivity index (χ3v) is 6.01. The molecule has 4 heteroatoms. The topological polar surface area (TPSA) is 55.1 Å². The molecule has 0 aliphatic heterocycles. The summed E-state index contributed by atoms with van der Waals surface area (Å²) in [6, 6.07) is 5.83. The molecule has 3 fully saturated rings. The summed E-state index contributed by atoms with van der Waals surface area (Å²) in [7, 11) is 0. The molecule has 0 saturated heterocycles. The molecule has 19 heavy (non-hydrogen) atoms. The van der Waals surface area contributed by atoms with Gasteiger partial charge in [0, 0.05) is 21.8 Å². The van der Waals surface area contributed by atoms with Gasteiger partial charge in [-0.2, -0.15) is 0 Å². The Kier molecular flexibility index (Phi) is 2.47. The SMILES string of the molecule is Nc1cc(C(=O)NC2C3C4CCC(C4)C23)ccc1Br. The lowest BCUT2D eigenvalue weighted by Crippen LogP contribution is -2.29. The number of fused-ring (bicyclic) bond motifs is 5. The Morgan fingerprint density at radius 3 is 2.58 bits per heavy atom. The average molecular weight is 321 g/mol. The number of nitrogens with two attached hydrogens (primary N) is 1. The molecule has 4 unspecified atom stereocenters. The fourth-order valence-electron chi connectivity index (χ4n) is 4.44. The zero-order chi connectivity index (χ0) is 13.1. The van der Waals surface area contributed by atoms with Gasteiger partial charge in [0.25, 0.3) is 5.91 Å². The lowest BCUT2D eigenvalue weighted by molar-refractivity contribution is 0.0944. The summed E-state index contributed by atoms with van der Waals surface area (Å²) < 4.78 is 0.838. The lowest BCUT2D eigenvalue weighted by Gasteiger charge is -2.11. The maximum Gasteiger partial charge on any atom is 0.251 e. The molecule has 1 aromatic carbocycles. The van der Waals surface area contributed by atoms with E-state index in [-0.39, 0.29) is 5.91 Å². The summed E-state index contributed by atoms with van der Waals surface area (Å²) in [6.45, 7) is 0. The molecule has 3 saturated carbocycles. The maximum atomic E-state index is 12.2. The predicted molar refractivity (Wildman–Crippen MR) is 77.6 cm³/mol.